The third-order valence-electron chi connectivity index (χ3n) is 1.05. The summed E-state index contributed by atoms with van der Waals surface area (Å²) in [6.45, 7) is 0. The summed E-state index contributed by atoms with van der Waals surface area (Å²) >= 11 is 5.61. The number of hydrogen-bond acceptors (Lipinski definition) is 1. The highest BCUT2D eigenvalue weighted by Gasteiger charge is 1.87. The summed E-state index contributed by atoms with van der Waals surface area (Å²) < 4.78 is 4.91. The zero-order valence-corrected chi connectivity index (χ0v) is 7.97. The molecule has 0 radical (unpaired) electrons. The summed E-state index contributed by atoms with van der Waals surface area (Å²) in [4.78, 5) is 0. The lowest BCUT2D eigenvalue weighted by Gasteiger charge is -1.96. The molecular formula is C7H10ClOP. The van der Waals surface area contributed by atoms with E-state index >= 15 is 0 Å². The van der Waals surface area contributed by atoms with Crippen molar-refractivity contribution in [2.45, 2.75) is 0 Å². The summed E-state index contributed by atoms with van der Waals surface area (Å²) in [5, 5.41) is 0.732. The Hall–Kier alpha value is -0.260. The molecule has 0 saturated heterocycles. The topological polar surface area (TPSA) is 9.23 Å². The van der Waals surface area contributed by atoms with Crippen LogP contribution in [-0.2, 0) is 0 Å². The molecule has 0 aromatic heterocycles. The van der Waals surface area contributed by atoms with E-state index in [9.17, 15) is 0 Å². The molecule has 0 amide bonds. The highest BCUT2D eigenvalue weighted by atomic mass is 35.5. The van der Waals surface area contributed by atoms with Gasteiger partial charge in [0.25, 0.3) is 0 Å². The van der Waals surface area contributed by atoms with Crippen molar-refractivity contribution in [3.63, 3.8) is 0 Å². The summed E-state index contributed by atoms with van der Waals surface area (Å²) in [5.41, 5.74) is 0. The molecule has 56 valence electrons. The number of benzene rings is 1. The van der Waals surface area contributed by atoms with Gasteiger partial charge in [-0.05, 0) is 24.3 Å². The van der Waals surface area contributed by atoms with Crippen molar-refractivity contribution in [3.8, 4) is 5.75 Å². The van der Waals surface area contributed by atoms with Crippen LogP contribution >= 0.6 is 21.5 Å². The quantitative estimate of drug-likeness (QED) is 0.597. The van der Waals surface area contributed by atoms with Crippen LogP contribution < -0.4 is 4.74 Å². The lowest BCUT2D eigenvalue weighted by Crippen LogP contribution is -1.79. The van der Waals surface area contributed by atoms with Gasteiger partial charge in [0.1, 0.15) is 5.75 Å². The third-order valence-corrected chi connectivity index (χ3v) is 1.30. The predicted octanol–water partition coefficient (Wildman–Crippen LogP) is 2.41. The summed E-state index contributed by atoms with van der Waals surface area (Å²) in [7, 11) is 1.63. The Kier molecular flexibility index (Phi) is 4.42. The number of methoxy groups -OCH3 is 1. The van der Waals surface area contributed by atoms with Gasteiger partial charge in [0.2, 0.25) is 0 Å². The maximum atomic E-state index is 5.61. The van der Waals surface area contributed by atoms with Gasteiger partial charge >= 0.3 is 0 Å². The Balaban J connectivity index is 0.000000810. The van der Waals surface area contributed by atoms with Crippen molar-refractivity contribution in [3.05, 3.63) is 29.3 Å². The zero-order chi connectivity index (χ0) is 6.69. The van der Waals surface area contributed by atoms with Crippen LogP contribution in [0.3, 0.4) is 0 Å². The van der Waals surface area contributed by atoms with E-state index in [1.165, 1.54) is 0 Å². The van der Waals surface area contributed by atoms with Gasteiger partial charge < -0.3 is 4.74 Å². The lowest BCUT2D eigenvalue weighted by molar-refractivity contribution is 0.415. The normalized spacial score (nSPS) is 8.20. The molecule has 0 aliphatic carbocycles. The van der Waals surface area contributed by atoms with Gasteiger partial charge in [0.15, 0.2) is 0 Å². The molecule has 1 atom stereocenters. The number of halogens is 1. The van der Waals surface area contributed by atoms with Gasteiger partial charge in [-0.3, -0.25) is 0 Å². The summed E-state index contributed by atoms with van der Waals surface area (Å²) in [5.74, 6) is 0.833. The Bertz CT molecular complexity index is 185. The van der Waals surface area contributed by atoms with Crippen molar-refractivity contribution >= 4 is 21.5 Å². The average Bonchev–Trinajstić information content (AvgIpc) is 1.90. The second kappa shape index (κ2) is 4.54. The first kappa shape index (κ1) is 9.74. The van der Waals surface area contributed by atoms with Crippen molar-refractivity contribution in [1.29, 1.82) is 0 Å². The molecule has 0 aliphatic rings. The number of hydrogen-bond donors (Lipinski definition) is 0. The van der Waals surface area contributed by atoms with E-state index in [1.807, 2.05) is 12.1 Å². The fraction of sp³-hybridized carbons (Fsp3) is 0.143. The molecule has 0 heterocycles. The van der Waals surface area contributed by atoms with E-state index in [0.29, 0.717) is 0 Å². The van der Waals surface area contributed by atoms with Crippen LogP contribution in [0.15, 0.2) is 24.3 Å². The van der Waals surface area contributed by atoms with E-state index in [-0.39, 0.29) is 9.90 Å². The molecule has 0 saturated carbocycles. The first-order chi connectivity index (χ1) is 4.33. The Labute approximate surface area is 69.0 Å². The molecule has 1 nitrogen and oxygen atoms in total. The highest BCUT2D eigenvalue weighted by molar-refractivity contribution is 6.92. The number of ether oxygens (including phenoxy) is 1. The molecule has 1 unspecified atom stereocenters. The average molecular weight is 177 g/mol. The molecule has 10 heavy (non-hydrogen) atoms. The molecule has 0 bridgehead atoms. The monoisotopic (exact) mass is 176 g/mol. The third kappa shape index (κ3) is 2.55. The minimum absolute atomic E-state index is 0. The van der Waals surface area contributed by atoms with E-state index in [4.69, 9.17) is 16.3 Å². The van der Waals surface area contributed by atoms with Crippen molar-refractivity contribution in [2.24, 2.45) is 0 Å². The standard InChI is InChI=1S/C7H7ClO.H3P/c1-9-7-4-2-6(8)3-5-7;/h2-5H,1H3;1H3. The highest BCUT2D eigenvalue weighted by Crippen LogP contribution is 2.14. The second-order valence-electron chi connectivity index (χ2n) is 1.66. The van der Waals surface area contributed by atoms with Crippen LogP contribution in [0.2, 0.25) is 5.02 Å². The fourth-order valence-corrected chi connectivity index (χ4v) is 0.697. The lowest BCUT2D eigenvalue weighted by atomic mass is 10.3. The first-order valence-electron chi connectivity index (χ1n) is 2.62. The van der Waals surface area contributed by atoms with Crippen LogP contribution in [0.5, 0.6) is 5.75 Å². The van der Waals surface area contributed by atoms with E-state index in [1.54, 1.807) is 19.2 Å². The molecule has 0 N–H and O–H groups in total. The van der Waals surface area contributed by atoms with E-state index in [2.05, 4.69) is 0 Å². The second-order valence-corrected chi connectivity index (χ2v) is 2.09. The van der Waals surface area contributed by atoms with Crippen molar-refractivity contribution in [2.75, 3.05) is 7.11 Å². The van der Waals surface area contributed by atoms with Crippen LogP contribution in [-0.4, -0.2) is 7.11 Å². The number of rotatable bonds is 1. The zero-order valence-electron chi connectivity index (χ0n) is 5.80. The summed E-state index contributed by atoms with van der Waals surface area (Å²) in [6.07, 6.45) is 0. The summed E-state index contributed by atoms with van der Waals surface area (Å²) in [6, 6.07) is 7.23. The van der Waals surface area contributed by atoms with Gasteiger partial charge in [0, 0.05) is 5.02 Å². The molecular weight excluding hydrogens is 167 g/mol. The molecule has 0 fully saturated rings. The first-order valence-corrected chi connectivity index (χ1v) is 3.00. The maximum Gasteiger partial charge on any atom is 0.118 e. The Morgan fingerprint density at radius 1 is 1.20 bits per heavy atom. The Morgan fingerprint density at radius 3 is 2.10 bits per heavy atom. The van der Waals surface area contributed by atoms with E-state index < -0.39 is 0 Å². The SMILES string of the molecule is COc1ccc(Cl)cc1.P. The molecule has 0 aliphatic heterocycles. The van der Waals surface area contributed by atoms with Crippen molar-refractivity contribution < 1.29 is 4.74 Å². The van der Waals surface area contributed by atoms with Crippen molar-refractivity contribution in [1.82, 2.24) is 0 Å². The maximum absolute atomic E-state index is 5.61. The fourth-order valence-electron chi connectivity index (χ4n) is 0.571. The molecule has 3 heteroatoms. The molecule has 1 aromatic carbocycles. The molecule has 1 rings (SSSR count). The van der Waals surface area contributed by atoms with Gasteiger partial charge in [-0.25, -0.2) is 0 Å². The smallest absolute Gasteiger partial charge is 0.118 e. The predicted molar refractivity (Wildman–Crippen MR) is 49.1 cm³/mol. The Morgan fingerprint density at radius 2 is 1.70 bits per heavy atom. The van der Waals surface area contributed by atoms with Gasteiger partial charge in [-0.15, -0.1) is 0 Å². The van der Waals surface area contributed by atoms with E-state index in [0.717, 1.165) is 10.8 Å². The van der Waals surface area contributed by atoms with Crippen LogP contribution in [0.1, 0.15) is 0 Å². The van der Waals surface area contributed by atoms with Gasteiger partial charge in [-0.2, -0.15) is 9.90 Å². The minimum Gasteiger partial charge on any atom is -0.497 e. The van der Waals surface area contributed by atoms with Crippen LogP contribution in [0, 0.1) is 0 Å². The van der Waals surface area contributed by atoms with Crippen LogP contribution in [0.25, 0.3) is 0 Å². The molecule has 0 spiro atoms. The molecule has 1 aromatic rings. The van der Waals surface area contributed by atoms with Gasteiger partial charge in [0.05, 0.1) is 7.11 Å². The van der Waals surface area contributed by atoms with Crippen LogP contribution in [0.4, 0.5) is 0 Å². The van der Waals surface area contributed by atoms with Gasteiger partial charge in [-0.1, -0.05) is 11.6 Å². The minimum atomic E-state index is 0. The largest absolute Gasteiger partial charge is 0.497 e.